The maximum Gasteiger partial charge on any atom is 0.240 e. The normalized spacial score (nSPS) is 17.0. The Morgan fingerprint density at radius 1 is 1.24 bits per heavy atom. The molecule has 1 amide bonds. The zero-order chi connectivity index (χ0) is 17.1. The van der Waals surface area contributed by atoms with Crippen molar-refractivity contribution in [2.45, 2.75) is 25.5 Å². The second-order valence-corrected chi connectivity index (χ2v) is 6.16. The third kappa shape index (κ3) is 3.39. The molecule has 6 heteroatoms. The number of amides is 1. The lowest BCUT2D eigenvalue weighted by Gasteiger charge is -2.12. The van der Waals surface area contributed by atoms with Crippen LogP contribution in [0, 0.1) is 0 Å². The van der Waals surface area contributed by atoms with Crippen LogP contribution in [0.4, 0.5) is 0 Å². The van der Waals surface area contributed by atoms with Crippen molar-refractivity contribution < 1.29 is 9.53 Å². The quantitative estimate of drug-likeness (QED) is 0.777. The number of carbonyl (C=O) groups is 1. The number of pyridine rings is 1. The molecule has 0 saturated carbocycles. The van der Waals surface area contributed by atoms with Gasteiger partial charge in [-0.3, -0.25) is 9.78 Å². The van der Waals surface area contributed by atoms with Gasteiger partial charge in [0.2, 0.25) is 5.91 Å². The molecule has 1 aliphatic rings. The number of ether oxygens (including phenoxy) is 1. The number of nitrogens with zero attached hydrogens (tertiary/aromatic N) is 3. The predicted octanol–water partition coefficient (Wildman–Crippen LogP) is 2.39. The Morgan fingerprint density at radius 2 is 2.12 bits per heavy atom. The van der Waals surface area contributed by atoms with Gasteiger partial charge in [0.15, 0.2) is 5.82 Å². The standard InChI is InChI=1S/C19H20N4O2/c24-18(21-12-14-6-5-11-25-14)13-23-17-9-2-1-7-15(17)22-19(23)16-8-3-4-10-20-16/h1-4,7-10,14H,5-6,11-13H2,(H,21,24)/t14-/m0/s1. The lowest BCUT2D eigenvalue weighted by molar-refractivity contribution is -0.122. The Labute approximate surface area is 145 Å². The molecule has 1 aliphatic heterocycles. The fourth-order valence-corrected chi connectivity index (χ4v) is 3.16. The van der Waals surface area contributed by atoms with Gasteiger partial charge in [-0.15, -0.1) is 0 Å². The van der Waals surface area contributed by atoms with Gasteiger partial charge in [-0.1, -0.05) is 18.2 Å². The first-order valence-corrected chi connectivity index (χ1v) is 8.56. The lowest BCUT2D eigenvalue weighted by atomic mass is 10.2. The smallest absolute Gasteiger partial charge is 0.240 e. The molecule has 0 spiro atoms. The summed E-state index contributed by atoms with van der Waals surface area (Å²) < 4.78 is 7.48. The number of imidazole rings is 1. The van der Waals surface area contributed by atoms with Crippen LogP contribution in [0.3, 0.4) is 0 Å². The fraction of sp³-hybridized carbons (Fsp3) is 0.316. The number of aromatic nitrogens is 3. The molecule has 1 atom stereocenters. The number of fused-ring (bicyclic) bond motifs is 1. The summed E-state index contributed by atoms with van der Waals surface area (Å²) in [6.45, 7) is 1.56. The van der Waals surface area contributed by atoms with Crippen LogP contribution in [0.5, 0.6) is 0 Å². The van der Waals surface area contributed by atoms with Crippen LogP contribution in [0.1, 0.15) is 12.8 Å². The summed E-state index contributed by atoms with van der Waals surface area (Å²) in [4.78, 5) is 21.5. The Morgan fingerprint density at radius 3 is 2.92 bits per heavy atom. The van der Waals surface area contributed by atoms with E-state index < -0.39 is 0 Å². The van der Waals surface area contributed by atoms with Crippen molar-refractivity contribution in [3.8, 4) is 11.5 Å². The van der Waals surface area contributed by atoms with Gasteiger partial charge in [0.25, 0.3) is 0 Å². The molecule has 0 unspecified atom stereocenters. The molecule has 1 N–H and O–H groups in total. The highest BCUT2D eigenvalue weighted by Crippen LogP contribution is 2.23. The van der Waals surface area contributed by atoms with Crippen LogP contribution in [0.15, 0.2) is 48.7 Å². The average Bonchev–Trinajstić information content (AvgIpc) is 3.29. The molecule has 3 aromatic rings. The first kappa shape index (κ1) is 15.8. The van der Waals surface area contributed by atoms with Crippen LogP contribution in [0.2, 0.25) is 0 Å². The summed E-state index contributed by atoms with van der Waals surface area (Å²) in [5.41, 5.74) is 2.54. The monoisotopic (exact) mass is 336 g/mol. The topological polar surface area (TPSA) is 69.0 Å². The Hall–Kier alpha value is -2.73. The summed E-state index contributed by atoms with van der Waals surface area (Å²) in [6.07, 6.45) is 3.94. The van der Waals surface area contributed by atoms with E-state index >= 15 is 0 Å². The molecular weight excluding hydrogens is 316 g/mol. The summed E-state index contributed by atoms with van der Waals surface area (Å²) in [5, 5.41) is 2.97. The molecule has 0 radical (unpaired) electrons. The van der Waals surface area contributed by atoms with Gasteiger partial charge in [0.05, 0.1) is 17.1 Å². The van der Waals surface area contributed by atoms with Crippen molar-refractivity contribution in [1.82, 2.24) is 19.9 Å². The highest BCUT2D eigenvalue weighted by atomic mass is 16.5. The van der Waals surface area contributed by atoms with Crippen molar-refractivity contribution in [2.24, 2.45) is 0 Å². The lowest BCUT2D eigenvalue weighted by Crippen LogP contribution is -2.34. The molecule has 4 rings (SSSR count). The maximum absolute atomic E-state index is 12.5. The highest BCUT2D eigenvalue weighted by Gasteiger charge is 2.18. The zero-order valence-corrected chi connectivity index (χ0v) is 13.9. The first-order valence-electron chi connectivity index (χ1n) is 8.56. The van der Waals surface area contributed by atoms with Crippen molar-refractivity contribution >= 4 is 16.9 Å². The van der Waals surface area contributed by atoms with Crippen molar-refractivity contribution in [1.29, 1.82) is 0 Å². The summed E-state index contributed by atoms with van der Waals surface area (Å²) in [6, 6.07) is 13.5. The summed E-state index contributed by atoms with van der Waals surface area (Å²) in [7, 11) is 0. The third-order valence-electron chi connectivity index (χ3n) is 4.40. The van der Waals surface area contributed by atoms with Crippen LogP contribution >= 0.6 is 0 Å². The van der Waals surface area contributed by atoms with Crippen LogP contribution in [-0.4, -0.2) is 39.7 Å². The largest absolute Gasteiger partial charge is 0.376 e. The molecule has 2 aromatic heterocycles. The van der Waals surface area contributed by atoms with Gasteiger partial charge in [0.1, 0.15) is 12.2 Å². The van der Waals surface area contributed by atoms with E-state index in [0.717, 1.165) is 36.2 Å². The molecular formula is C19H20N4O2. The third-order valence-corrected chi connectivity index (χ3v) is 4.40. The molecule has 0 bridgehead atoms. The Balaban J connectivity index is 1.60. The molecule has 1 saturated heterocycles. The number of hydrogen-bond acceptors (Lipinski definition) is 4. The van der Waals surface area contributed by atoms with Gasteiger partial charge in [-0.2, -0.15) is 0 Å². The van der Waals surface area contributed by atoms with Gasteiger partial charge >= 0.3 is 0 Å². The van der Waals surface area contributed by atoms with E-state index in [4.69, 9.17) is 4.74 Å². The second-order valence-electron chi connectivity index (χ2n) is 6.16. The minimum absolute atomic E-state index is 0.0455. The second kappa shape index (κ2) is 7.03. The molecule has 0 aliphatic carbocycles. The number of nitrogens with one attached hydrogen (secondary N) is 1. The number of para-hydroxylation sites is 2. The van der Waals surface area contributed by atoms with Gasteiger partial charge in [-0.05, 0) is 37.1 Å². The van der Waals surface area contributed by atoms with E-state index in [2.05, 4.69) is 15.3 Å². The van der Waals surface area contributed by atoms with Crippen molar-refractivity contribution in [3.63, 3.8) is 0 Å². The zero-order valence-electron chi connectivity index (χ0n) is 13.9. The highest BCUT2D eigenvalue weighted by molar-refractivity contribution is 5.84. The van der Waals surface area contributed by atoms with Crippen molar-refractivity contribution in [2.75, 3.05) is 13.2 Å². The SMILES string of the molecule is O=C(Cn1c(-c2ccccn2)nc2ccccc21)NC[C@@H]1CCCO1. The summed E-state index contributed by atoms with van der Waals surface area (Å²) >= 11 is 0. The van der Waals surface area contributed by atoms with Gasteiger partial charge in [0, 0.05) is 19.3 Å². The van der Waals surface area contributed by atoms with E-state index in [9.17, 15) is 4.79 Å². The van der Waals surface area contributed by atoms with E-state index in [1.807, 2.05) is 47.0 Å². The number of carbonyl (C=O) groups excluding carboxylic acids is 1. The molecule has 25 heavy (non-hydrogen) atoms. The Kier molecular flexibility index (Phi) is 4.43. The van der Waals surface area contributed by atoms with E-state index in [1.54, 1.807) is 6.20 Å². The van der Waals surface area contributed by atoms with E-state index in [1.165, 1.54) is 0 Å². The number of benzene rings is 1. The van der Waals surface area contributed by atoms with E-state index in [-0.39, 0.29) is 18.6 Å². The first-order chi connectivity index (χ1) is 12.3. The predicted molar refractivity (Wildman–Crippen MR) is 94.9 cm³/mol. The summed E-state index contributed by atoms with van der Waals surface area (Å²) in [5.74, 6) is 0.657. The fourth-order valence-electron chi connectivity index (χ4n) is 3.16. The molecule has 1 aromatic carbocycles. The van der Waals surface area contributed by atoms with Crippen LogP contribution in [-0.2, 0) is 16.1 Å². The maximum atomic E-state index is 12.5. The van der Waals surface area contributed by atoms with Gasteiger partial charge in [-0.25, -0.2) is 4.98 Å². The average molecular weight is 336 g/mol. The molecule has 6 nitrogen and oxygen atoms in total. The molecule has 3 heterocycles. The minimum atomic E-state index is -0.0455. The molecule has 128 valence electrons. The van der Waals surface area contributed by atoms with Crippen LogP contribution in [0.25, 0.3) is 22.6 Å². The minimum Gasteiger partial charge on any atom is -0.376 e. The Bertz CT molecular complexity index is 870. The van der Waals surface area contributed by atoms with E-state index in [0.29, 0.717) is 12.4 Å². The van der Waals surface area contributed by atoms with Crippen LogP contribution < -0.4 is 5.32 Å². The van der Waals surface area contributed by atoms with Gasteiger partial charge < -0.3 is 14.6 Å². The van der Waals surface area contributed by atoms with Crippen molar-refractivity contribution in [3.05, 3.63) is 48.7 Å². The number of rotatable bonds is 5. The number of hydrogen-bond donors (Lipinski definition) is 1. The molecule has 1 fully saturated rings.